The molecule has 1 N–H and O–H groups in total. The number of aromatic hydroxyl groups is 1. The van der Waals surface area contributed by atoms with E-state index >= 15 is 0 Å². The molecule has 78 valence electrons. The van der Waals surface area contributed by atoms with Gasteiger partial charge in [-0.2, -0.15) is 0 Å². The fourth-order valence-electron chi connectivity index (χ4n) is 1.12. The maximum Gasteiger partial charge on any atom is 0.177 e. The van der Waals surface area contributed by atoms with Crippen molar-refractivity contribution in [3.05, 3.63) is 39.7 Å². The van der Waals surface area contributed by atoms with Crippen molar-refractivity contribution in [1.82, 2.24) is 0 Å². The van der Waals surface area contributed by atoms with E-state index in [1.54, 1.807) is 5.38 Å². The Morgan fingerprint density at radius 2 is 1.93 bits per heavy atom. The SMILES string of the molecule is Cc1c(Oc2ccc(Br)cc2)csc1O. The quantitative estimate of drug-likeness (QED) is 0.890. The highest BCUT2D eigenvalue weighted by atomic mass is 79.9. The summed E-state index contributed by atoms with van der Waals surface area (Å²) in [5, 5.41) is 11.5. The van der Waals surface area contributed by atoms with Crippen LogP contribution in [0.1, 0.15) is 5.56 Å². The van der Waals surface area contributed by atoms with E-state index < -0.39 is 0 Å². The largest absolute Gasteiger partial charge is 0.499 e. The summed E-state index contributed by atoms with van der Waals surface area (Å²) in [5.41, 5.74) is 0.780. The molecule has 15 heavy (non-hydrogen) atoms. The van der Waals surface area contributed by atoms with Crippen molar-refractivity contribution in [2.75, 3.05) is 0 Å². The van der Waals surface area contributed by atoms with E-state index in [0.29, 0.717) is 10.8 Å². The van der Waals surface area contributed by atoms with Crippen LogP contribution in [0.2, 0.25) is 0 Å². The van der Waals surface area contributed by atoms with Crippen molar-refractivity contribution in [3.63, 3.8) is 0 Å². The summed E-state index contributed by atoms with van der Waals surface area (Å²) >= 11 is 4.63. The van der Waals surface area contributed by atoms with Crippen molar-refractivity contribution in [1.29, 1.82) is 0 Å². The zero-order chi connectivity index (χ0) is 10.8. The lowest BCUT2D eigenvalue weighted by Crippen LogP contribution is -1.83. The van der Waals surface area contributed by atoms with Gasteiger partial charge in [0.2, 0.25) is 0 Å². The van der Waals surface area contributed by atoms with Gasteiger partial charge in [0.1, 0.15) is 11.5 Å². The second kappa shape index (κ2) is 4.24. The van der Waals surface area contributed by atoms with E-state index in [0.717, 1.165) is 15.8 Å². The van der Waals surface area contributed by atoms with Crippen LogP contribution in [0.25, 0.3) is 0 Å². The minimum absolute atomic E-state index is 0.308. The molecule has 2 rings (SSSR count). The van der Waals surface area contributed by atoms with Gasteiger partial charge < -0.3 is 9.84 Å². The lowest BCUT2D eigenvalue weighted by Gasteiger charge is -2.04. The van der Waals surface area contributed by atoms with Crippen molar-refractivity contribution >= 4 is 27.3 Å². The van der Waals surface area contributed by atoms with Gasteiger partial charge in [0, 0.05) is 15.4 Å². The molecule has 0 radical (unpaired) electrons. The fourth-order valence-corrected chi connectivity index (χ4v) is 2.11. The first kappa shape index (κ1) is 10.5. The van der Waals surface area contributed by atoms with Crippen LogP contribution in [0.15, 0.2) is 34.1 Å². The van der Waals surface area contributed by atoms with Crippen LogP contribution in [0.3, 0.4) is 0 Å². The number of benzene rings is 1. The third kappa shape index (κ3) is 2.33. The monoisotopic (exact) mass is 284 g/mol. The summed E-state index contributed by atoms with van der Waals surface area (Å²) in [6.45, 7) is 1.83. The van der Waals surface area contributed by atoms with E-state index in [2.05, 4.69) is 15.9 Å². The van der Waals surface area contributed by atoms with Gasteiger partial charge in [-0.25, -0.2) is 0 Å². The Balaban J connectivity index is 2.22. The maximum absolute atomic E-state index is 9.39. The van der Waals surface area contributed by atoms with E-state index in [1.165, 1.54) is 11.3 Å². The number of ether oxygens (including phenoxy) is 1. The highest BCUT2D eigenvalue weighted by Crippen LogP contribution is 2.36. The van der Waals surface area contributed by atoms with Gasteiger partial charge in [0.25, 0.3) is 0 Å². The minimum atomic E-state index is 0.308. The molecule has 0 aliphatic carbocycles. The first-order valence-corrected chi connectivity index (χ1v) is 6.04. The standard InChI is InChI=1S/C11H9BrO2S/c1-7-10(6-15-11(7)13)14-9-4-2-8(12)3-5-9/h2-6,13H,1H3. The first-order chi connectivity index (χ1) is 7.16. The van der Waals surface area contributed by atoms with Crippen molar-refractivity contribution in [2.45, 2.75) is 6.92 Å². The van der Waals surface area contributed by atoms with Gasteiger partial charge in [-0.05, 0) is 31.2 Å². The molecule has 4 heteroatoms. The molecule has 0 spiro atoms. The average Bonchev–Trinajstić information content (AvgIpc) is 2.53. The molecule has 0 atom stereocenters. The lowest BCUT2D eigenvalue weighted by atomic mass is 10.3. The summed E-state index contributed by atoms with van der Waals surface area (Å²) in [4.78, 5) is 0. The first-order valence-electron chi connectivity index (χ1n) is 4.37. The third-order valence-electron chi connectivity index (χ3n) is 2.01. The average molecular weight is 285 g/mol. The van der Waals surface area contributed by atoms with Crippen LogP contribution < -0.4 is 4.74 Å². The maximum atomic E-state index is 9.39. The Bertz CT molecular complexity index is 462. The van der Waals surface area contributed by atoms with Gasteiger partial charge >= 0.3 is 0 Å². The molecule has 0 saturated carbocycles. The van der Waals surface area contributed by atoms with Gasteiger partial charge in [-0.1, -0.05) is 15.9 Å². The highest BCUT2D eigenvalue weighted by Gasteiger charge is 2.07. The number of hydrogen-bond donors (Lipinski definition) is 1. The molecule has 0 aliphatic rings. The van der Waals surface area contributed by atoms with E-state index in [1.807, 2.05) is 31.2 Å². The lowest BCUT2D eigenvalue weighted by molar-refractivity contribution is 0.463. The van der Waals surface area contributed by atoms with Crippen LogP contribution in [0.5, 0.6) is 16.6 Å². The summed E-state index contributed by atoms with van der Waals surface area (Å²) < 4.78 is 6.63. The summed E-state index contributed by atoms with van der Waals surface area (Å²) in [6.07, 6.45) is 0. The molecular formula is C11H9BrO2S. The molecular weight excluding hydrogens is 276 g/mol. The van der Waals surface area contributed by atoms with Crippen LogP contribution in [0.4, 0.5) is 0 Å². The summed E-state index contributed by atoms with van der Waals surface area (Å²) in [6, 6.07) is 7.57. The van der Waals surface area contributed by atoms with Crippen LogP contribution in [-0.2, 0) is 0 Å². The molecule has 0 saturated heterocycles. The predicted octanol–water partition coefficient (Wildman–Crippen LogP) is 4.32. The number of halogens is 1. The van der Waals surface area contributed by atoms with Gasteiger partial charge in [0.15, 0.2) is 5.06 Å². The Labute approximate surface area is 100 Å². The topological polar surface area (TPSA) is 29.5 Å². The van der Waals surface area contributed by atoms with E-state index in [-0.39, 0.29) is 0 Å². The molecule has 1 heterocycles. The second-order valence-corrected chi connectivity index (χ2v) is 4.86. The Morgan fingerprint density at radius 3 is 2.47 bits per heavy atom. The molecule has 1 aromatic carbocycles. The second-order valence-electron chi connectivity index (χ2n) is 3.09. The molecule has 0 fully saturated rings. The zero-order valence-corrected chi connectivity index (χ0v) is 10.4. The molecule has 2 aromatic rings. The molecule has 2 nitrogen and oxygen atoms in total. The minimum Gasteiger partial charge on any atom is -0.499 e. The predicted molar refractivity (Wildman–Crippen MR) is 64.9 cm³/mol. The van der Waals surface area contributed by atoms with E-state index in [9.17, 15) is 5.11 Å². The number of hydrogen-bond acceptors (Lipinski definition) is 3. The van der Waals surface area contributed by atoms with Crippen LogP contribution in [-0.4, -0.2) is 5.11 Å². The molecule has 0 bridgehead atoms. The molecule has 0 amide bonds. The molecule has 0 unspecified atom stereocenters. The van der Waals surface area contributed by atoms with Gasteiger partial charge in [-0.3, -0.25) is 0 Å². The van der Waals surface area contributed by atoms with Gasteiger partial charge in [-0.15, -0.1) is 11.3 Å². The smallest absolute Gasteiger partial charge is 0.177 e. The Hall–Kier alpha value is -1.00. The highest BCUT2D eigenvalue weighted by molar-refractivity contribution is 9.10. The van der Waals surface area contributed by atoms with Gasteiger partial charge in [0.05, 0.1) is 0 Å². The normalized spacial score (nSPS) is 10.3. The van der Waals surface area contributed by atoms with Crippen molar-refractivity contribution < 1.29 is 9.84 Å². The van der Waals surface area contributed by atoms with Crippen LogP contribution >= 0.6 is 27.3 Å². The summed E-state index contributed by atoms with van der Waals surface area (Å²) in [7, 11) is 0. The van der Waals surface area contributed by atoms with E-state index in [4.69, 9.17) is 4.74 Å². The zero-order valence-electron chi connectivity index (χ0n) is 8.03. The Morgan fingerprint density at radius 1 is 1.27 bits per heavy atom. The summed E-state index contributed by atoms with van der Waals surface area (Å²) in [5.74, 6) is 1.47. The third-order valence-corrected chi connectivity index (χ3v) is 3.40. The number of rotatable bonds is 2. The van der Waals surface area contributed by atoms with Crippen LogP contribution in [0, 0.1) is 6.92 Å². The Kier molecular flexibility index (Phi) is 2.98. The fraction of sp³-hybridized carbons (Fsp3) is 0.0909. The van der Waals surface area contributed by atoms with Crippen molar-refractivity contribution in [3.8, 4) is 16.6 Å². The van der Waals surface area contributed by atoms with Crippen molar-refractivity contribution in [2.24, 2.45) is 0 Å². The molecule has 0 aliphatic heterocycles. The molecule has 1 aromatic heterocycles. The number of thiophene rings is 1.